The highest BCUT2D eigenvalue weighted by Gasteiger charge is 2.29. The standard InChI is InChI=1S/C19H31N3O3.C2H6O/c1-24-13-18-17-8-4-3-7-16(17)9-12-22(18)21-25-15-20-14-19(23)10-5-2-6-11-19;1-3-2/h3-4,7-8,18,20-21,23H,2,5-6,9-15H2,1H3;1-2H3. The molecule has 1 unspecified atom stereocenters. The van der Waals surface area contributed by atoms with Gasteiger partial charge in [0.2, 0.25) is 0 Å². The third kappa shape index (κ3) is 7.08. The van der Waals surface area contributed by atoms with E-state index in [0.717, 1.165) is 38.6 Å². The summed E-state index contributed by atoms with van der Waals surface area (Å²) in [5.41, 5.74) is 5.15. The molecule has 3 rings (SSSR count). The van der Waals surface area contributed by atoms with Crippen molar-refractivity contribution in [2.24, 2.45) is 0 Å². The van der Waals surface area contributed by atoms with Gasteiger partial charge in [-0.25, -0.2) is 5.01 Å². The van der Waals surface area contributed by atoms with Gasteiger partial charge in [-0.2, -0.15) is 0 Å². The van der Waals surface area contributed by atoms with E-state index in [2.05, 4.69) is 44.9 Å². The molecule has 0 saturated heterocycles. The first kappa shape index (κ1) is 23.2. The van der Waals surface area contributed by atoms with Gasteiger partial charge < -0.3 is 14.6 Å². The zero-order valence-electron chi connectivity index (χ0n) is 17.6. The number of hydrogen-bond donors (Lipinski definition) is 3. The van der Waals surface area contributed by atoms with E-state index in [1.54, 1.807) is 21.3 Å². The van der Waals surface area contributed by atoms with E-state index in [-0.39, 0.29) is 6.04 Å². The molecule has 1 aromatic rings. The Kier molecular flexibility index (Phi) is 10.4. The number of fused-ring (bicyclic) bond motifs is 1. The zero-order chi connectivity index (χ0) is 20.2. The first-order valence-electron chi connectivity index (χ1n) is 10.2. The molecule has 160 valence electrons. The van der Waals surface area contributed by atoms with Crippen molar-refractivity contribution < 1.29 is 19.4 Å². The molecule has 1 atom stereocenters. The molecular weight excluding hydrogens is 358 g/mol. The minimum atomic E-state index is -0.565. The quantitative estimate of drug-likeness (QED) is 0.354. The van der Waals surface area contributed by atoms with E-state index in [4.69, 9.17) is 9.57 Å². The summed E-state index contributed by atoms with van der Waals surface area (Å²) in [7, 11) is 4.97. The molecule has 1 fully saturated rings. The lowest BCUT2D eigenvalue weighted by Crippen LogP contribution is -2.48. The molecule has 7 nitrogen and oxygen atoms in total. The minimum Gasteiger partial charge on any atom is -0.389 e. The molecule has 2 aliphatic rings. The largest absolute Gasteiger partial charge is 0.389 e. The van der Waals surface area contributed by atoms with Gasteiger partial charge in [0.15, 0.2) is 0 Å². The molecular formula is C21H37N3O4. The second kappa shape index (κ2) is 12.5. The van der Waals surface area contributed by atoms with E-state index < -0.39 is 5.60 Å². The molecule has 1 aromatic carbocycles. The van der Waals surface area contributed by atoms with Crippen LogP contribution in [0.25, 0.3) is 0 Å². The smallest absolute Gasteiger partial charge is 0.120 e. The SMILES string of the molecule is COC.COCC1c2ccccc2CCN1NOCNCC1(O)CCCCC1. The third-order valence-electron chi connectivity index (χ3n) is 5.33. The van der Waals surface area contributed by atoms with Crippen molar-refractivity contribution in [3.8, 4) is 0 Å². The number of aliphatic hydroxyl groups is 1. The fourth-order valence-corrected chi connectivity index (χ4v) is 3.94. The van der Waals surface area contributed by atoms with Gasteiger partial charge in [0, 0.05) is 34.4 Å². The highest BCUT2D eigenvalue weighted by atomic mass is 16.7. The summed E-state index contributed by atoms with van der Waals surface area (Å²) in [5.74, 6) is 0. The van der Waals surface area contributed by atoms with E-state index in [1.807, 2.05) is 0 Å². The molecule has 0 aromatic heterocycles. The predicted octanol–water partition coefficient (Wildman–Crippen LogP) is 2.17. The Labute approximate surface area is 169 Å². The fourth-order valence-electron chi connectivity index (χ4n) is 3.94. The molecule has 1 aliphatic carbocycles. The summed E-state index contributed by atoms with van der Waals surface area (Å²) >= 11 is 0. The lowest BCUT2D eigenvalue weighted by atomic mass is 9.85. The first-order valence-corrected chi connectivity index (χ1v) is 10.2. The van der Waals surface area contributed by atoms with Crippen LogP contribution in [0.3, 0.4) is 0 Å². The van der Waals surface area contributed by atoms with Gasteiger partial charge in [0.1, 0.15) is 6.73 Å². The van der Waals surface area contributed by atoms with Crippen LogP contribution in [0.5, 0.6) is 0 Å². The second-order valence-corrected chi connectivity index (χ2v) is 7.61. The second-order valence-electron chi connectivity index (χ2n) is 7.61. The molecule has 0 spiro atoms. The van der Waals surface area contributed by atoms with E-state index in [9.17, 15) is 5.11 Å². The maximum absolute atomic E-state index is 10.5. The van der Waals surface area contributed by atoms with Gasteiger partial charge in [-0.15, -0.1) is 5.59 Å². The Morgan fingerprint density at radius 3 is 2.57 bits per heavy atom. The number of ether oxygens (including phenoxy) is 2. The van der Waals surface area contributed by atoms with Crippen LogP contribution in [0, 0.1) is 0 Å². The fraction of sp³-hybridized carbons (Fsp3) is 0.714. The average Bonchev–Trinajstić information content (AvgIpc) is 2.70. The average molecular weight is 396 g/mol. The van der Waals surface area contributed by atoms with E-state index >= 15 is 0 Å². The van der Waals surface area contributed by atoms with Crippen LogP contribution in [-0.2, 0) is 20.7 Å². The van der Waals surface area contributed by atoms with Crippen molar-refractivity contribution >= 4 is 0 Å². The molecule has 3 N–H and O–H groups in total. The van der Waals surface area contributed by atoms with Crippen molar-refractivity contribution in [1.82, 2.24) is 15.9 Å². The van der Waals surface area contributed by atoms with Crippen molar-refractivity contribution in [2.45, 2.75) is 50.2 Å². The Morgan fingerprint density at radius 2 is 1.86 bits per heavy atom. The van der Waals surface area contributed by atoms with Crippen molar-refractivity contribution in [2.75, 3.05) is 47.8 Å². The predicted molar refractivity (Wildman–Crippen MR) is 110 cm³/mol. The molecule has 0 amide bonds. The normalized spacial score (nSPS) is 21.5. The highest BCUT2D eigenvalue weighted by Crippen LogP contribution is 2.29. The van der Waals surface area contributed by atoms with Crippen molar-refractivity contribution in [3.63, 3.8) is 0 Å². The van der Waals surface area contributed by atoms with Gasteiger partial charge in [-0.1, -0.05) is 43.5 Å². The summed E-state index contributed by atoms with van der Waals surface area (Å²) < 4.78 is 9.65. The van der Waals surface area contributed by atoms with Gasteiger partial charge in [0.25, 0.3) is 0 Å². The Balaban J connectivity index is 0.000000878. The maximum Gasteiger partial charge on any atom is 0.120 e. The highest BCUT2D eigenvalue weighted by molar-refractivity contribution is 5.32. The van der Waals surface area contributed by atoms with Crippen LogP contribution in [-0.4, -0.2) is 63.5 Å². The minimum absolute atomic E-state index is 0.137. The summed E-state index contributed by atoms with van der Waals surface area (Å²) in [6.45, 7) is 2.43. The lowest BCUT2D eigenvalue weighted by molar-refractivity contribution is -0.125. The van der Waals surface area contributed by atoms with E-state index in [1.165, 1.54) is 17.5 Å². The number of hydrogen-bond acceptors (Lipinski definition) is 7. The number of hydrazine groups is 1. The topological polar surface area (TPSA) is 75.2 Å². The number of methoxy groups -OCH3 is 2. The summed E-state index contributed by atoms with van der Waals surface area (Å²) in [5, 5.41) is 15.8. The molecule has 0 radical (unpaired) electrons. The Bertz CT molecular complexity index is 552. The molecule has 0 bridgehead atoms. The van der Waals surface area contributed by atoms with Gasteiger partial charge in [-0.3, -0.25) is 10.2 Å². The molecule has 1 aliphatic heterocycles. The molecule has 1 saturated carbocycles. The van der Waals surface area contributed by atoms with Gasteiger partial charge >= 0.3 is 0 Å². The van der Waals surface area contributed by atoms with Gasteiger partial charge in [-0.05, 0) is 30.4 Å². The van der Waals surface area contributed by atoms with Crippen molar-refractivity contribution in [3.05, 3.63) is 35.4 Å². The number of benzene rings is 1. The molecule has 28 heavy (non-hydrogen) atoms. The monoisotopic (exact) mass is 395 g/mol. The van der Waals surface area contributed by atoms with E-state index in [0.29, 0.717) is 19.9 Å². The molecule has 7 heteroatoms. The van der Waals surface area contributed by atoms with Crippen LogP contribution in [0.4, 0.5) is 0 Å². The summed E-state index contributed by atoms with van der Waals surface area (Å²) in [6.07, 6.45) is 6.21. The lowest BCUT2D eigenvalue weighted by Gasteiger charge is -2.36. The van der Waals surface area contributed by atoms with Crippen molar-refractivity contribution in [1.29, 1.82) is 0 Å². The Hall–Kier alpha value is -1.06. The first-order chi connectivity index (χ1) is 13.6. The Morgan fingerprint density at radius 1 is 1.14 bits per heavy atom. The third-order valence-corrected chi connectivity index (χ3v) is 5.33. The number of rotatable bonds is 8. The van der Waals surface area contributed by atoms with Crippen LogP contribution in [0.1, 0.15) is 49.3 Å². The summed E-state index contributed by atoms with van der Waals surface area (Å²) in [4.78, 5) is 5.60. The van der Waals surface area contributed by atoms with Crippen LogP contribution in [0.15, 0.2) is 24.3 Å². The summed E-state index contributed by atoms with van der Waals surface area (Å²) in [6, 6.07) is 8.63. The van der Waals surface area contributed by atoms with Crippen LogP contribution >= 0.6 is 0 Å². The maximum atomic E-state index is 10.5. The van der Waals surface area contributed by atoms with Crippen LogP contribution in [0.2, 0.25) is 0 Å². The number of nitrogens with one attached hydrogen (secondary N) is 2. The van der Waals surface area contributed by atoms with Gasteiger partial charge in [0.05, 0.1) is 18.2 Å². The number of nitrogens with zero attached hydrogens (tertiary/aromatic N) is 1. The zero-order valence-corrected chi connectivity index (χ0v) is 17.6. The van der Waals surface area contributed by atoms with Crippen LogP contribution < -0.4 is 10.9 Å². The molecule has 1 heterocycles.